The summed E-state index contributed by atoms with van der Waals surface area (Å²) in [5.74, 6) is -1.77. The normalized spacial score (nSPS) is 13.3. The highest BCUT2D eigenvalue weighted by molar-refractivity contribution is 5.75. The molecule has 0 aliphatic heterocycles. The number of nitriles is 1. The predicted octanol–water partition coefficient (Wildman–Crippen LogP) is 1.24. The number of nitrogens with zero attached hydrogens (tertiary/aromatic N) is 3. The van der Waals surface area contributed by atoms with Crippen LogP contribution in [0.25, 0.3) is 0 Å². The Kier molecular flexibility index (Phi) is 6.79. The number of carboxylic acid groups (broad SMARTS) is 1. The number of amides is 2. The van der Waals surface area contributed by atoms with E-state index in [-0.39, 0.29) is 18.5 Å². The van der Waals surface area contributed by atoms with Gasteiger partial charge >= 0.3 is 12.0 Å². The highest BCUT2D eigenvalue weighted by Gasteiger charge is 2.22. The van der Waals surface area contributed by atoms with E-state index in [1.165, 1.54) is 4.90 Å². The molecule has 102 valence electrons. The van der Waals surface area contributed by atoms with E-state index in [4.69, 9.17) is 10.4 Å². The fraction of sp³-hybridized carbons (Fsp3) is 0.750. The zero-order chi connectivity index (χ0) is 14.3. The van der Waals surface area contributed by atoms with Crippen LogP contribution in [0, 0.1) is 23.2 Å². The lowest BCUT2D eigenvalue weighted by atomic mass is 10.2. The van der Waals surface area contributed by atoms with Crippen LogP contribution in [0.1, 0.15) is 20.8 Å². The Bertz CT molecular complexity index is 338. The Morgan fingerprint density at radius 2 is 1.89 bits per heavy atom. The highest BCUT2D eigenvalue weighted by Crippen LogP contribution is 2.05. The molecule has 0 aromatic carbocycles. The summed E-state index contributed by atoms with van der Waals surface area (Å²) >= 11 is 0. The fourth-order valence-electron chi connectivity index (χ4n) is 1.52. The SMILES string of the molecule is CCN(CC(C)C#N)C(=O)N(C)CC(C)C(=O)O. The van der Waals surface area contributed by atoms with Gasteiger partial charge < -0.3 is 14.9 Å². The van der Waals surface area contributed by atoms with Gasteiger partial charge in [0.05, 0.1) is 17.9 Å². The second-order valence-electron chi connectivity index (χ2n) is 4.47. The van der Waals surface area contributed by atoms with Gasteiger partial charge in [-0.05, 0) is 13.8 Å². The Morgan fingerprint density at radius 3 is 2.28 bits per heavy atom. The number of rotatable bonds is 6. The molecule has 0 aromatic rings. The molecule has 2 atom stereocenters. The Hall–Kier alpha value is -1.77. The molecule has 0 bridgehead atoms. The van der Waals surface area contributed by atoms with E-state index >= 15 is 0 Å². The molecule has 0 aliphatic carbocycles. The third-order valence-electron chi connectivity index (χ3n) is 2.66. The smallest absolute Gasteiger partial charge is 0.319 e. The van der Waals surface area contributed by atoms with Crippen LogP contribution in [0.2, 0.25) is 0 Å². The maximum absolute atomic E-state index is 12.0. The fourth-order valence-corrected chi connectivity index (χ4v) is 1.52. The molecule has 0 spiro atoms. The lowest BCUT2D eigenvalue weighted by Gasteiger charge is -2.28. The number of urea groups is 1. The van der Waals surface area contributed by atoms with Crippen molar-refractivity contribution in [2.75, 3.05) is 26.7 Å². The molecule has 0 fully saturated rings. The van der Waals surface area contributed by atoms with Crippen molar-refractivity contribution in [3.8, 4) is 6.07 Å². The number of hydrogen-bond acceptors (Lipinski definition) is 3. The molecule has 18 heavy (non-hydrogen) atoms. The van der Waals surface area contributed by atoms with E-state index in [1.807, 2.05) is 6.92 Å². The van der Waals surface area contributed by atoms with Gasteiger partial charge in [0.1, 0.15) is 0 Å². The van der Waals surface area contributed by atoms with Crippen LogP contribution < -0.4 is 0 Å². The van der Waals surface area contributed by atoms with Crippen LogP contribution >= 0.6 is 0 Å². The van der Waals surface area contributed by atoms with E-state index in [0.29, 0.717) is 13.1 Å². The number of carboxylic acids is 1. The monoisotopic (exact) mass is 255 g/mol. The largest absolute Gasteiger partial charge is 0.481 e. The first-order valence-electron chi connectivity index (χ1n) is 5.95. The van der Waals surface area contributed by atoms with Crippen LogP contribution in [-0.4, -0.2) is 53.6 Å². The van der Waals surface area contributed by atoms with E-state index < -0.39 is 11.9 Å². The van der Waals surface area contributed by atoms with E-state index in [0.717, 1.165) is 0 Å². The molecule has 0 rings (SSSR count). The van der Waals surface area contributed by atoms with Crippen molar-refractivity contribution < 1.29 is 14.7 Å². The first-order valence-corrected chi connectivity index (χ1v) is 5.95. The first-order chi connectivity index (χ1) is 8.33. The summed E-state index contributed by atoms with van der Waals surface area (Å²) < 4.78 is 0. The van der Waals surface area contributed by atoms with Gasteiger partial charge in [-0.25, -0.2) is 4.79 Å². The minimum Gasteiger partial charge on any atom is -0.481 e. The number of hydrogen-bond donors (Lipinski definition) is 1. The average molecular weight is 255 g/mol. The summed E-state index contributed by atoms with van der Waals surface area (Å²) in [7, 11) is 1.57. The molecular formula is C12H21N3O3. The quantitative estimate of drug-likeness (QED) is 0.773. The van der Waals surface area contributed by atoms with Gasteiger partial charge in [0, 0.05) is 26.7 Å². The van der Waals surface area contributed by atoms with Crippen molar-refractivity contribution in [1.29, 1.82) is 5.26 Å². The van der Waals surface area contributed by atoms with Gasteiger partial charge in [-0.15, -0.1) is 0 Å². The number of carbonyl (C=O) groups excluding carboxylic acids is 1. The molecule has 2 unspecified atom stereocenters. The highest BCUT2D eigenvalue weighted by atomic mass is 16.4. The molecule has 0 saturated carbocycles. The third kappa shape index (κ3) is 5.04. The van der Waals surface area contributed by atoms with E-state index in [2.05, 4.69) is 6.07 Å². The van der Waals surface area contributed by atoms with E-state index in [9.17, 15) is 9.59 Å². The molecule has 0 aromatic heterocycles. The maximum atomic E-state index is 12.0. The minimum atomic E-state index is -0.928. The second kappa shape index (κ2) is 7.54. The van der Waals surface area contributed by atoms with Crippen molar-refractivity contribution in [2.24, 2.45) is 11.8 Å². The number of carbonyl (C=O) groups is 2. The Balaban J connectivity index is 4.50. The first kappa shape index (κ1) is 16.2. The van der Waals surface area contributed by atoms with Crippen molar-refractivity contribution in [2.45, 2.75) is 20.8 Å². The molecule has 0 radical (unpaired) electrons. The summed E-state index contributed by atoms with van der Waals surface area (Å²) in [4.78, 5) is 25.7. The summed E-state index contributed by atoms with van der Waals surface area (Å²) in [5, 5.41) is 17.5. The molecule has 1 N–H and O–H groups in total. The van der Waals surface area contributed by atoms with Gasteiger partial charge in [0.2, 0.25) is 0 Å². The molecule has 0 heterocycles. The van der Waals surface area contributed by atoms with Gasteiger partial charge in [0.25, 0.3) is 0 Å². The lowest BCUT2D eigenvalue weighted by Crippen LogP contribution is -2.45. The zero-order valence-corrected chi connectivity index (χ0v) is 11.4. The zero-order valence-electron chi connectivity index (χ0n) is 11.4. The lowest BCUT2D eigenvalue weighted by molar-refractivity contribution is -0.141. The van der Waals surface area contributed by atoms with Gasteiger partial charge in [-0.3, -0.25) is 4.79 Å². The molecule has 6 heteroatoms. The molecule has 0 aliphatic rings. The second-order valence-corrected chi connectivity index (χ2v) is 4.47. The van der Waals surface area contributed by atoms with Crippen molar-refractivity contribution in [3.63, 3.8) is 0 Å². The maximum Gasteiger partial charge on any atom is 0.319 e. The molecular weight excluding hydrogens is 234 g/mol. The van der Waals surface area contributed by atoms with Crippen LogP contribution in [-0.2, 0) is 4.79 Å². The average Bonchev–Trinajstić information content (AvgIpc) is 2.34. The standard InChI is InChI=1S/C12H21N3O3/c1-5-15(7-9(2)6-13)12(18)14(4)8-10(3)11(16)17/h9-10H,5,7-8H2,1-4H3,(H,16,17). The number of aliphatic carboxylic acids is 1. The van der Waals surface area contributed by atoms with Crippen molar-refractivity contribution >= 4 is 12.0 Å². The van der Waals surface area contributed by atoms with Gasteiger partial charge in [-0.1, -0.05) is 6.92 Å². The molecule has 6 nitrogen and oxygen atoms in total. The Labute approximate surface area is 108 Å². The van der Waals surface area contributed by atoms with Gasteiger partial charge in [0.15, 0.2) is 0 Å². The predicted molar refractivity (Wildman–Crippen MR) is 66.8 cm³/mol. The molecule has 0 saturated heterocycles. The molecule has 2 amide bonds. The summed E-state index contributed by atoms with van der Waals surface area (Å²) in [6.45, 7) is 6.15. The van der Waals surface area contributed by atoms with E-state index in [1.54, 1.807) is 25.8 Å². The topological polar surface area (TPSA) is 84.6 Å². The van der Waals surface area contributed by atoms with Crippen LogP contribution in [0.4, 0.5) is 4.79 Å². The van der Waals surface area contributed by atoms with Gasteiger partial charge in [-0.2, -0.15) is 5.26 Å². The van der Waals surface area contributed by atoms with Crippen LogP contribution in [0.3, 0.4) is 0 Å². The Morgan fingerprint density at radius 1 is 1.33 bits per heavy atom. The minimum absolute atomic E-state index is 0.158. The third-order valence-corrected chi connectivity index (χ3v) is 2.66. The summed E-state index contributed by atoms with van der Waals surface area (Å²) in [6.07, 6.45) is 0. The van der Waals surface area contributed by atoms with Crippen LogP contribution in [0.5, 0.6) is 0 Å². The summed E-state index contributed by atoms with van der Waals surface area (Å²) in [5.41, 5.74) is 0. The summed E-state index contributed by atoms with van der Waals surface area (Å²) in [6, 6.07) is 1.83. The van der Waals surface area contributed by atoms with Crippen LogP contribution in [0.15, 0.2) is 0 Å². The van der Waals surface area contributed by atoms with Crippen molar-refractivity contribution in [3.05, 3.63) is 0 Å². The van der Waals surface area contributed by atoms with Crippen molar-refractivity contribution in [1.82, 2.24) is 9.80 Å².